The fourth-order valence-corrected chi connectivity index (χ4v) is 4.78. The number of benzene rings is 2. The van der Waals surface area contributed by atoms with Gasteiger partial charge in [0.2, 0.25) is 0 Å². The van der Waals surface area contributed by atoms with Gasteiger partial charge in [0.25, 0.3) is 5.56 Å². The van der Waals surface area contributed by atoms with Crippen molar-refractivity contribution in [1.82, 2.24) is 14.5 Å². The van der Waals surface area contributed by atoms with Crippen LogP contribution in [0.3, 0.4) is 0 Å². The van der Waals surface area contributed by atoms with Crippen LogP contribution in [0.5, 0.6) is 0 Å². The molecule has 0 amide bonds. The third-order valence-corrected chi connectivity index (χ3v) is 6.69. The van der Waals surface area contributed by atoms with Crippen molar-refractivity contribution in [1.29, 1.82) is 0 Å². The normalized spacial score (nSPS) is 17.2. The minimum absolute atomic E-state index is 0.0383. The minimum Gasteiger partial charge on any atom is -0.363 e. The Morgan fingerprint density at radius 3 is 2.43 bits per heavy atom. The summed E-state index contributed by atoms with van der Waals surface area (Å²) >= 11 is 0. The van der Waals surface area contributed by atoms with E-state index < -0.39 is 47.0 Å². The maximum Gasteiger partial charge on any atom is 0.416 e. The first-order valence-electron chi connectivity index (χ1n) is 12.0. The summed E-state index contributed by atoms with van der Waals surface area (Å²) in [4.78, 5) is 29.1. The Balaban J connectivity index is 1.89. The molecular formula is C26H29F4N5O2. The number of piperazine rings is 1. The molecule has 3 aromatic rings. The maximum atomic E-state index is 14.7. The van der Waals surface area contributed by atoms with Crippen LogP contribution in [0, 0.1) is 12.7 Å². The zero-order chi connectivity index (χ0) is 26.9. The van der Waals surface area contributed by atoms with Crippen LogP contribution in [0.25, 0.3) is 0 Å². The molecule has 1 aromatic heterocycles. The number of halogens is 4. The van der Waals surface area contributed by atoms with E-state index in [4.69, 9.17) is 5.73 Å². The predicted octanol–water partition coefficient (Wildman–Crippen LogP) is 3.02. The van der Waals surface area contributed by atoms with E-state index in [2.05, 4.69) is 5.32 Å². The number of rotatable bonds is 6. The maximum absolute atomic E-state index is 14.7. The number of nitrogens with two attached hydrogens (primary N) is 1. The van der Waals surface area contributed by atoms with Crippen LogP contribution in [0.15, 0.2) is 58.1 Å². The molecule has 198 valence electrons. The third kappa shape index (κ3) is 5.47. The van der Waals surface area contributed by atoms with Gasteiger partial charge in [0.15, 0.2) is 0 Å². The molecule has 0 bridgehead atoms. The van der Waals surface area contributed by atoms with Crippen LogP contribution in [0.1, 0.15) is 35.3 Å². The molecule has 1 aliphatic rings. The number of anilines is 1. The van der Waals surface area contributed by atoms with Gasteiger partial charge in [-0.1, -0.05) is 36.4 Å². The lowest BCUT2D eigenvalue weighted by molar-refractivity contribution is -0.138. The number of hydrogen-bond acceptors (Lipinski definition) is 5. The lowest BCUT2D eigenvalue weighted by Gasteiger charge is -2.35. The van der Waals surface area contributed by atoms with E-state index in [9.17, 15) is 27.2 Å². The molecular weight excluding hydrogens is 490 g/mol. The summed E-state index contributed by atoms with van der Waals surface area (Å²) in [6, 6.07) is 10.9. The van der Waals surface area contributed by atoms with Gasteiger partial charge in [-0.3, -0.25) is 13.9 Å². The van der Waals surface area contributed by atoms with E-state index in [1.54, 1.807) is 30.3 Å². The van der Waals surface area contributed by atoms with Crippen molar-refractivity contribution in [2.75, 3.05) is 24.5 Å². The van der Waals surface area contributed by atoms with Crippen molar-refractivity contribution in [3.8, 4) is 0 Å². The Kier molecular flexibility index (Phi) is 7.56. The van der Waals surface area contributed by atoms with E-state index >= 15 is 0 Å². The lowest BCUT2D eigenvalue weighted by Crippen LogP contribution is -2.53. The van der Waals surface area contributed by atoms with E-state index in [1.165, 1.54) is 6.92 Å². The van der Waals surface area contributed by atoms with Gasteiger partial charge in [0, 0.05) is 43.0 Å². The fourth-order valence-electron chi connectivity index (χ4n) is 4.78. The summed E-state index contributed by atoms with van der Waals surface area (Å²) < 4.78 is 57.8. The highest BCUT2D eigenvalue weighted by atomic mass is 19.4. The van der Waals surface area contributed by atoms with Crippen molar-refractivity contribution >= 4 is 5.69 Å². The largest absolute Gasteiger partial charge is 0.416 e. The highest BCUT2D eigenvalue weighted by molar-refractivity contribution is 5.50. The Morgan fingerprint density at radius 2 is 1.78 bits per heavy atom. The molecule has 2 heterocycles. The van der Waals surface area contributed by atoms with E-state index in [0.29, 0.717) is 25.2 Å². The molecule has 0 unspecified atom stereocenters. The van der Waals surface area contributed by atoms with Crippen molar-refractivity contribution < 1.29 is 17.6 Å². The molecule has 7 nitrogen and oxygen atoms in total. The second-order valence-corrected chi connectivity index (χ2v) is 9.30. The van der Waals surface area contributed by atoms with Gasteiger partial charge in [0.05, 0.1) is 18.7 Å². The highest BCUT2D eigenvalue weighted by Crippen LogP contribution is 2.33. The topological polar surface area (TPSA) is 85.3 Å². The van der Waals surface area contributed by atoms with Crippen LogP contribution in [0.4, 0.5) is 23.2 Å². The van der Waals surface area contributed by atoms with Gasteiger partial charge in [-0.2, -0.15) is 13.2 Å². The van der Waals surface area contributed by atoms with E-state index in [-0.39, 0.29) is 24.0 Å². The SMILES string of the molecule is Cc1c(N2CCN[C@H](C)C2)c(=O)n(C[C@H](N)c2ccccc2)c(=O)n1Cc1c(F)cccc1C(F)(F)F. The number of aromatic nitrogens is 2. The van der Waals surface area contributed by atoms with Crippen LogP contribution < -0.4 is 27.2 Å². The van der Waals surface area contributed by atoms with E-state index in [0.717, 1.165) is 27.3 Å². The minimum atomic E-state index is -4.82. The van der Waals surface area contributed by atoms with Crippen molar-refractivity contribution in [3.05, 3.63) is 97.6 Å². The Bertz CT molecular complexity index is 1380. The number of hydrogen-bond donors (Lipinski definition) is 2. The second kappa shape index (κ2) is 10.5. The van der Waals surface area contributed by atoms with Gasteiger partial charge >= 0.3 is 11.9 Å². The highest BCUT2D eigenvalue weighted by Gasteiger charge is 2.35. The summed E-state index contributed by atoms with van der Waals surface area (Å²) in [5, 5.41) is 3.27. The van der Waals surface area contributed by atoms with Crippen LogP contribution in [-0.2, 0) is 19.3 Å². The lowest BCUT2D eigenvalue weighted by atomic mass is 10.1. The predicted molar refractivity (Wildman–Crippen MR) is 133 cm³/mol. The first kappa shape index (κ1) is 26.6. The van der Waals surface area contributed by atoms with Gasteiger partial charge in [-0.15, -0.1) is 0 Å². The van der Waals surface area contributed by atoms with Crippen molar-refractivity contribution in [2.45, 2.75) is 45.2 Å². The molecule has 2 aromatic carbocycles. The molecule has 0 aliphatic carbocycles. The molecule has 4 rings (SSSR count). The Morgan fingerprint density at radius 1 is 1.08 bits per heavy atom. The molecule has 0 saturated carbocycles. The summed E-state index contributed by atoms with van der Waals surface area (Å²) in [7, 11) is 0. The molecule has 11 heteroatoms. The zero-order valence-corrected chi connectivity index (χ0v) is 20.6. The Labute approximate surface area is 211 Å². The molecule has 2 atom stereocenters. The smallest absolute Gasteiger partial charge is 0.363 e. The summed E-state index contributed by atoms with van der Waals surface area (Å²) in [6.45, 7) is 4.04. The summed E-state index contributed by atoms with van der Waals surface area (Å²) in [5.74, 6) is -1.09. The number of nitrogens with zero attached hydrogens (tertiary/aromatic N) is 3. The molecule has 1 aliphatic heterocycles. The number of nitrogens with one attached hydrogen (secondary N) is 1. The molecule has 1 fully saturated rings. The third-order valence-electron chi connectivity index (χ3n) is 6.69. The van der Waals surface area contributed by atoms with Crippen LogP contribution in [-0.4, -0.2) is 34.8 Å². The summed E-state index contributed by atoms with van der Waals surface area (Å²) in [5.41, 5.74) is 4.10. The zero-order valence-electron chi connectivity index (χ0n) is 20.6. The molecule has 1 saturated heterocycles. The first-order chi connectivity index (χ1) is 17.5. The van der Waals surface area contributed by atoms with Gasteiger partial charge in [-0.25, -0.2) is 9.18 Å². The van der Waals surface area contributed by atoms with Crippen LogP contribution >= 0.6 is 0 Å². The Hall–Kier alpha value is -3.44. The second-order valence-electron chi connectivity index (χ2n) is 9.30. The van der Waals surface area contributed by atoms with Gasteiger partial charge < -0.3 is 16.0 Å². The average molecular weight is 520 g/mol. The van der Waals surface area contributed by atoms with Crippen LogP contribution in [0.2, 0.25) is 0 Å². The fraction of sp³-hybridized carbons (Fsp3) is 0.385. The molecule has 37 heavy (non-hydrogen) atoms. The standard InChI is InChI=1S/C26H29F4N5O2/c1-16-13-33(12-11-32-16)23-17(2)34(14-19-20(26(28,29)30)9-6-10-21(19)27)25(37)35(24(23)36)15-22(31)18-7-4-3-5-8-18/h3-10,16,22,32H,11-15,31H2,1-2H3/t16-,22+/m1/s1. The first-order valence-corrected chi connectivity index (χ1v) is 12.0. The van der Waals surface area contributed by atoms with Gasteiger partial charge in [0.1, 0.15) is 11.5 Å². The molecule has 0 spiro atoms. The van der Waals surface area contributed by atoms with Crippen molar-refractivity contribution in [3.63, 3.8) is 0 Å². The average Bonchev–Trinajstić information content (AvgIpc) is 2.85. The van der Waals surface area contributed by atoms with Gasteiger partial charge in [-0.05, 0) is 31.5 Å². The van der Waals surface area contributed by atoms with E-state index in [1.807, 2.05) is 11.8 Å². The monoisotopic (exact) mass is 519 g/mol. The van der Waals surface area contributed by atoms with Crippen molar-refractivity contribution in [2.24, 2.45) is 5.73 Å². The quantitative estimate of drug-likeness (QED) is 0.489. The molecule has 0 radical (unpaired) electrons. The molecule has 3 N–H and O–H groups in total. The summed E-state index contributed by atoms with van der Waals surface area (Å²) in [6.07, 6.45) is -4.82. The number of alkyl halides is 3.